The number of hydrogen-bond donors (Lipinski definition) is 0. The topological polar surface area (TPSA) is 36.9 Å². The number of fused-ring (bicyclic) bond motifs is 13. The van der Waals surface area contributed by atoms with Gasteiger partial charge < -0.3 is 18.9 Å². The highest BCUT2D eigenvalue weighted by Crippen LogP contribution is 2.61. The fourth-order valence-electron chi connectivity index (χ4n) is 16.8. The van der Waals surface area contributed by atoms with Crippen LogP contribution in [-0.4, -0.2) is 56.6 Å². The number of ether oxygens (including phenoxy) is 4. The standard InChI is InChI=1S/C90H64O4S4/c1-4-12-56-46-81-77(43-53(56)9-1)76-15-7-8-16-80(76)89(81,68-26-19-65-41-73(31-23-61(65)36-68)93-86-33-34-95-86)67-25-17-64-40-72(30-22-59(64)35-67)92-51-85-88(98-85)84-49-87(97-84)94-74-32-24-62-38-70(28-20-66(62)42-74)90(69-27-18-63-39-71(29-21-60(63)37-69)91-50-75-52-96-75)82-47-57-13-5-2-10-54(57)44-78(82)79-45-55-11-3-6-14-58(55)48-83(79)90/h1-32,35-48,75,84-88H,33-34,49-52H2. The van der Waals surface area contributed by atoms with Crippen molar-refractivity contribution in [2.45, 2.75) is 55.5 Å². The summed E-state index contributed by atoms with van der Waals surface area (Å²) < 4.78 is 26.1. The molecule has 4 nitrogen and oxygen atoms in total. The minimum atomic E-state index is -0.606. The fourth-order valence-corrected chi connectivity index (χ4v) is 20.5. The zero-order chi connectivity index (χ0) is 64.2. The Bertz CT molecular complexity index is 5750. The molecule has 0 spiro atoms. The van der Waals surface area contributed by atoms with Gasteiger partial charge in [0, 0.05) is 40.1 Å². The number of hydrogen-bond acceptors (Lipinski definition) is 8. The number of rotatable bonds is 15. The molecule has 4 saturated heterocycles. The van der Waals surface area contributed by atoms with Crippen LogP contribution in [0.2, 0.25) is 0 Å². The minimum absolute atomic E-state index is 0.117. The summed E-state index contributed by atoms with van der Waals surface area (Å²) in [6.07, 6.45) is 2.13. The summed E-state index contributed by atoms with van der Waals surface area (Å²) in [6, 6.07) is 105. The molecule has 0 amide bonds. The lowest BCUT2D eigenvalue weighted by atomic mass is 9.66. The van der Waals surface area contributed by atoms with Gasteiger partial charge in [0.2, 0.25) is 0 Å². The lowest BCUT2D eigenvalue weighted by molar-refractivity contribution is 0.254. The van der Waals surface area contributed by atoms with Crippen molar-refractivity contribution in [1.82, 2.24) is 0 Å². The molecule has 0 N–H and O–H groups in total. The quantitative estimate of drug-likeness (QED) is 0.0940. The largest absolute Gasteiger partial charge is 0.492 e. The van der Waals surface area contributed by atoms with Crippen LogP contribution in [0.5, 0.6) is 23.0 Å². The molecule has 0 radical (unpaired) electrons. The van der Waals surface area contributed by atoms with E-state index in [0.29, 0.717) is 27.6 Å². The van der Waals surface area contributed by atoms with Crippen LogP contribution in [0.25, 0.3) is 97.7 Å². The normalized spacial score (nSPS) is 21.3. The molecule has 4 heterocycles. The van der Waals surface area contributed by atoms with E-state index in [2.05, 4.69) is 291 Å². The highest BCUT2D eigenvalue weighted by Gasteiger charge is 2.52. The third kappa shape index (κ3) is 9.45. The first-order valence-corrected chi connectivity index (χ1v) is 38.4. The van der Waals surface area contributed by atoms with Crippen LogP contribution in [-0.2, 0) is 10.8 Å². The fraction of sp³-hybridized carbons (Fsp3) is 0.156. The van der Waals surface area contributed by atoms with E-state index in [1.54, 1.807) is 0 Å². The van der Waals surface area contributed by atoms with Gasteiger partial charge in [-0.1, -0.05) is 170 Å². The van der Waals surface area contributed by atoms with Crippen molar-refractivity contribution < 1.29 is 18.9 Å². The number of thioether (sulfide) groups is 4. The smallest absolute Gasteiger partial charge is 0.145 e. The Morgan fingerprint density at radius 1 is 0.316 bits per heavy atom. The van der Waals surface area contributed by atoms with E-state index in [0.717, 1.165) is 42.4 Å². The van der Waals surface area contributed by atoms with E-state index in [-0.39, 0.29) is 10.9 Å². The third-order valence-corrected chi connectivity index (χ3v) is 27.1. The predicted molar refractivity (Wildman–Crippen MR) is 414 cm³/mol. The maximum atomic E-state index is 6.81. The van der Waals surface area contributed by atoms with Crippen LogP contribution in [0.1, 0.15) is 57.3 Å². The molecule has 4 aliphatic heterocycles. The van der Waals surface area contributed by atoms with E-state index in [1.165, 1.54) is 154 Å². The van der Waals surface area contributed by atoms with Crippen molar-refractivity contribution >= 4 is 122 Å². The van der Waals surface area contributed by atoms with E-state index in [4.69, 9.17) is 18.9 Å². The van der Waals surface area contributed by atoms with Crippen LogP contribution in [0.3, 0.4) is 0 Å². The van der Waals surface area contributed by atoms with Gasteiger partial charge in [0.25, 0.3) is 0 Å². The van der Waals surface area contributed by atoms with E-state index in [9.17, 15) is 0 Å². The summed E-state index contributed by atoms with van der Waals surface area (Å²) in [7, 11) is 0. The Morgan fingerprint density at radius 2 is 0.673 bits per heavy atom. The summed E-state index contributed by atoms with van der Waals surface area (Å²) in [5.41, 5.74) is 14.6. The molecule has 15 aromatic carbocycles. The van der Waals surface area contributed by atoms with Crippen LogP contribution in [0.15, 0.2) is 279 Å². The second-order valence-corrected chi connectivity index (χ2v) is 33.0. The minimum Gasteiger partial charge on any atom is -0.492 e. The Hall–Kier alpha value is -9.28. The zero-order valence-corrected chi connectivity index (χ0v) is 56.8. The predicted octanol–water partition coefficient (Wildman–Crippen LogP) is 22.6. The highest BCUT2D eigenvalue weighted by atomic mass is 32.2. The Balaban J connectivity index is 0.532. The third-order valence-electron chi connectivity index (χ3n) is 21.9. The molecule has 15 aromatic rings. The molecular weight excluding hydrogens is 1270 g/mol. The summed E-state index contributed by atoms with van der Waals surface area (Å²) in [6.45, 7) is 1.45. The molecule has 21 rings (SSSR count). The van der Waals surface area contributed by atoms with Crippen molar-refractivity contribution in [3.05, 3.63) is 324 Å². The maximum absolute atomic E-state index is 6.81. The van der Waals surface area contributed by atoms with Gasteiger partial charge in [0.1, 0.15) is 47.1 Å². The van der Waals surface area contributed by atoms with Crippen molar-refractivity contribution in [3.63, 3.8) is 0 Å². The van der Waals surface area contributed by atoms with Gasteiger partial charge in [0.05, 0.1) is 16.1 Å². The lowest BCUT2D eigenvalue weighted by Gasteiger charge is -2.35. The highest BCUT2D eigenvalue weighted by molar-refractivity contribution is 8.10. The lowest BCUT2D eigenvalue weighted by Crippen LogP contribution is -2.35. The average molecular weight is 1340 g/mol. The van der Waals surface area contributed by atoms with Gasteiger partial charge in [-0.2, -0.15) is 11.8 Å². The second-order valence-electron chi connectivity index (χ2n) is 27.6. The van der Waals surface area contributed by atoms with E-state index in [1.807, 2.05) is 35.3 Å². The van der Waals surface area contributed by atoms with E-state index < -0.39 is 10.8 Å². The molecule has 4 fully saturated rings. The van der Waals surface area contributed by atoms with Crippen LogP contribution in [0.4, 0.5) is 0 Å². The average Bonchev–Trinajstić information content (AvgIpc) is 1.52. The molecular formula is C90H64O4S4. The van der Waals surface area contributed by atoms with Crippen LogP contribution < -0.4 is 18.9 Å². The summed E-state index contributed by atoms with van der Waals surface area (Å²) in [5, 5.41) is 19.2. The van der Waals surface area contributed by atoms with Gasteiger partial charge in [-0.25, -0.2) is 0 Å². The summed E-state index contributed by atoms with van der Waals surface area (Å²) >= 11 is 7.89. The zero-order valence-electron chi connectivity index (χ0n) is 53.5. The molecule has 7 unspecified atom stereocenters. The van der Waals surface area contributed by atoms with E-state index >= 15 is 0 Å². The van der Waals surface area contributed by atoms with Gasteiger partial charge in [-0.15, -0.1) is 35.3 Å². The molecule has 2 aliphatic carbocycles. The summed E-state index contributed by atoms with van der Waals surface area (Å²) in [4.78, 5) is 0. The molecule has 8 heteroatoms. The molecule has 98 heavy (non-hydrogen) atoms. The van der Waals surface area contributed by atoms with Crippen LogP contribution >= 0.6 is 47.0 Å². The second kappa shape index (κ2) is 22.6. The first-order valence-electron chi connectivity index (χ1n) is 34.4. The molecule has 0 saturated carbocycles. The monoisotopic (exact) mass is 1340 g/mol. The summed E-state index contributed by atoms with van der Waals surface area (Å²) in [5.74, 6) is 6.07. The van der Waals surface area contributed by atoms with Crippen molar-refractivity contribution in [3.8, 4) is 45.3 Å². The molecule has 0 bridgehead atoms. The number of benzene rings is 15. The molecule has 472 valence electrons. The molecule has 0 aromatic heterocycles. The Kier molecular flexibility index (Phi) is 13.3. The van der Waals surface area contributed by atoms with Gasteiger partial charge in [-0.3, -0.25) is 0 Å². The molecule has 6 aliphatic rings. The first kappa shape index (κ1) is 57.8. The Morgan fingerprint density at radius 3 is 1.12 bits per heavy atom. The van der Waals surface area contributed by atoms with Crippen molar-refractivity contribution in [2.24, 2.45) is 0 Å². The Labute approximate surface area is 586 Å². The van der Waals surface area contributed by atoms with Crippen molar-refractivity contribution in [1.29, 1.82) is 0 Å². The van der Waals surface area contributed by atoms with Gasteiger partial charge in [0.15, 0.2) is 0 Å². The van der Waals surface area contributed by atoms with Gasteiger partial charge >= 0.3 is 0 Å². The first-order chi connectivity index (χ1) is 48.4. The SMILES string of the molecule is c1ccc2c(c1)-c1cc3ccccc3cc1C2(c1ccc2cc(OCC3SC3C3CC(Oc4ccc5cc(C6(c7ccc8cc(OCC9CS9)ccc8c7)c7cc8ccccc8cc7-c7cc8ccccc8cc76)ccc5c4)S3)ccc2c1)c1ccc2cc(OC3CCS3)ccc2c1. The maximum Gasteiger partial charge on any atom is 0.145 e. The van der Waals surface area contributed by atoms with Crippen LogP contribution in [0, 0.1) is 0 Å². The molecule has 7 atom stereocenters. The van der Waals surface area contributed by atoms with Gasteiger partial charge in [-0.05, 0) is 251 Å². The van der Waals surface area contributed by atoms with Crippen molar-refractivity contribution in [2.75, 3.05) is 24.7 Å².